The molecule has 0 heterocycles. The van der Waals surface area contributed by atoms with Gasteiger partial charge in [-0.05, 0) is 31.2 Å². The van der Waals surface area contributed by atoms with Gasteiger partial charge in [0.25, 0.3) is 5.91 Å². The lowest BCUT2D eigenvalue weighted by molar-refractivity contribution is 0.0951. The van der Waals surface area contributed by atoms with Crippen LogP contribution >= 0.6 is 0 Å². The van der Waals surface area contributed by atoms with E-state index >= 15 is 0 Å². The summed E-state index contributed by atoms with van der Waals surface area (Å²) in [7, 11) is 0. The van der Waals surface area contributed by atoms with Crippen molar-refractivity contribution in [1.29, 1.82) is 0 Å². The summed E-state index contributed by atoms with van der Waals surface area (Å²) in [5.74, 6) is -1.23. The third-order valence-corrected chi connectivity index (χ3v) is 2.22. The molecule has 1 aromatic carbocycles. The van der Waals surface area contributed by atoms with Crippen molar-refractivity contribution in [2.75, 3.05) is 19.6 Å². The number of phenolic OH excluding ortho intramolecular Hbond substituents is 1. The predicted octanol–water partition coefficient (Wildman–Crippen LogP) is 1.26. The molecule has 0 aromatic heterocycles. The number of benzene rings is 1. The molecule has 0 aliphatic carbocycles. The van der Waals surface area contributed by atoms with Crippen LogP contribution in [0.25, 0.3) is 0 Å². The lowest BCUT2D eigenvalue weighted by Crippen LogP contribution is -2.32. The largest absolute Gasteiger partial charge is 0.507 e. The Labute approximate surface area is 99.8 Å². The standard InChI is InChI=1S/C12H17FN2O2/c1-2-5-14-6-7-15-12(17)10-8-9(13)3-4-11(10)16/h3-4,8,14,16H,2,5-7H2,1H3,(H,15,17). The minimum absolute atomic E-state index is 0.0412. The topological polar surface area (TPSA) is 61.4 Å². The van der Waals surface area contributed by atoms with Gasteiger partial charge in [0.1, 0.15) is 11.6 Å². The van der Waals surface area contributed by atoms with Crippen molar-refractivity contribution in [1.82, 2.24) is 10.6 Å². The maximum atomic E-state index is 12.9. The second-order valence-electron chi connectivity index (χ2n) is 3.67. The van der Waals surface area contributed by atoms with E-state index in [-0.39, 0.29) is 11.3 Å². The van der Waals surface area contributed by atoms with E-state index in [1.54, 1.807) is 0 Å². The minimum Gasteiger partial charge on any atom is -0.507 e. The van der Waals surface area contributed by atoms with Crippen molar-refractivity contribution in [3.05, 3.63) is 29.6 Å². The molecule has 0 atom stereocenters. The summed E-state index contributed by atoms with van der Waals surface area (Å²) in [6.07, 6.45) is 1.03. The van der Waals surface area contributed by atoms with Crippen molar-refractivity contribution < 1.29 is 14.3 Å². The average molecular weight is 240 g/mol. The highest BCUT2D eigenvalue weighted by molar-refractivity contribution is 5.96. The number of hydrogen-bond acceptors (Lipinski definition) is 3. The summed E-state index contributed by atoms with van der Waals surface area (Å²) in [6.45, 7) is 4.03. The molecule has 0 unspecified atom stereocenters. The zero-order valence-electron chi connectivity index (χ0n) is 9.79. The molecular weight excluding hydrogens is 223 g/mol. The van der Waals surface area contributed by atoms with Crippen molar-refractivity contribution in [3.63, 3.8) is 0 Å². The van der Waals surface area contributed by atoms with Crippen molar-refractivity contribution in [2.45, 2.75) is 13.3 Å². The second-order valence-corrected chi connectivity index (χ2v) is 3.67. The Morgan fingerprint density at radius 3 is 2.82 bits per heavy atom. The van der Waals surface area contributed by atoms with Crippen LogP contribution in [0.4, 0.5) is 4.39 Å². The Hall–Kier alpha value is -1.62. The highest BCUT2D eigenvalue weighted by Gasteiger charge is 2.11. The van der Waals surface area contributed by atoms with Crippen molar-refractivity contribution in [3.8, 4) is 5.75 Å². The van der Waals surface area contributed by atoms with Gasteiger partial charge >= 0.3 is 0 Å². The summed E-state index contributed by atoms with van der Waals surface area (Å²) in [4.78, 5) is 11.6. The zero-order chi connectivity index (χ0) is 12.7. The predicted molar refractivity (Wildman–Crippen MR) is 63.6 cm³/mol. The van der Waals surface area contributed by atoms with Gasteiger partial charge in [0, 0.05) is 13.1 Å². The molecule has 0 spiro atoms. The fourth-order valence-corrected chi connectivity index (χ4v) is 1.35. The van der Waals surface area contributed by atoms with Crippen LogP contribution in [0, 0.1) is 5.82 Å². The van der Waals surface area contributed by atoms with Crippen LogP contribution in [0.3, 0.4) is 0 Å². The first-order valence-corrected chi connectivity index (χ1v) is 5.62. The number of rotatable bonds is 6. The van der Waals surface area contributed by atoms with E-state index in [9.17, 15) is 14.3 Å². The molecule has 1 rings (SSSR count). The van der Waals surface area contributed by atoms with Crippen molar-refractivity contribution in [2.24, 2.45) is 0 Å². The molecule has 17 heavy (non-hydrogen) atoms. The molecular formula is C12H17FN2O2. The van der Waals surface area contributed by atoms with Crippen LogP contribution in [0.1, 0.15) is 23.7 Å². The smallest absolute Gasteiger partial charge is 0.255 e. The molecule has 0 saturated heterocycles. The molecule has 0 saturated carbocycles. The number of amides is 1. The summed E-state index contributed by atoms with van der Waals surface area (Å²) in [5.41, 5.74) is -0.0412. The Balaban J connectivity index is 2.44. The highest BCUT2D eigenvalue weighted by atomic mass is 19.1. The molecule has 4 nitrogen and oxygen atoms in total. The number of carbonyl (C=O) groups is 1. The number of aromatic hydroxyl groups is 1. The van der Waals surface area contributed by atoms with Gasteiger partial charge in [-0.15, -0.1) is 0 Å². The van der Waals surface area contributed by atoms with E-state index in [1.807, 2.05) is 0 Å². The van der Waals surface area contributed by atoms with Crippen LogP contribution in [0.5, 0.6) is 5.75 Å². The van der Waals surface area contributed by atoms with Crippen LogP contribution in [0.15, 0.2) is 18.2 Å². The molecule has 0 aliphatic heterocycles. The summed E-state index contributed by atoms with van der Waals surface area (Å²) in [6, 6.07) is 3.29. The Kier molecular flexibility index (Phi) is 5.42. The van der Waals surface area contributed by atoms with Crippen LogP contribution in [-0.2, 0) is 0 Å². The Bertz CT molecular complexity index is 383. The summed E-state index contributed by atoms with van der Waals surface area (Å²) in [5, 5.41) is 15.1. The number of nitrogens with one attached hydrogen (secondary N) is 2. The molecule has 1 amide bonds. The van der Waals surface area contributed by atoms with Gasteiger partial charge in [0.2, 0.25) is 0 Å². The Morgan fingerprint density at radius 2 is 2.12 bits per heavy atom. The molecule has 1 aromatic rings. The summed E-state index contributed by atoms with van der Waals surface area (Å²) >= 11 is 0. The van der Waals surface area contributed by atoms with Crippen LogP contribution < -0.4 is 10.6 Å². The maximum Gasteiger partial charge on any atom is 0.255 e. The first-order valence-electron chi connectivity index (χ1n) is 5.62. The quantitative estimate of drug-likeness (QED) is 0.656. The zero-order valence-corrected chi connectivity index (χ0v) is 9.79. The van der Waals surface area contributed by atoms with Gasteiger partial charge in [-0.3, -0.25) is 4.79 Å². The van der Waals surface area contributed by atoms with E-state index in [4.69, 9.17) is 0 Å². The van der Waals surface area contributed by atoms with Gasteiger partial charge in [-0.2, -0.15) is 0 Å². The van der Waals surface area contributed by atoms with E-state index in [0.717, 1.165) is 25.1 Å². The van der Waals surface area contributed by atoms with Gasteiger partial charge in [0.05, 0.1) is 5.56 Å². The highest BCUT2D eigenvalue weighted by Crippen LogP contribution is 2.17. The first-order chi connectivity index (χ1) is 8.15. The SMILES string of the molecule is CCCNCCNC(=O)c1cc(F)ccc1O. The molecule has 0 bridgehead atoms. The number of carbonyl (C=O) groups excluding carboxylic acids is 1. The molecule has 0 fully saturated rings. The van der Waals surface area contributed by atoms with Crippen LogP contribution in [-0.4, -0.2) is 30.6 Å². The monoisotopic (exact) mass is 240 g/mol. The molecule has 0 radical (unpaired) electrons. The third kappa shape index (κ3) is 4.40. The van der Waals surface area contributed by atoms with Gasteiger partial charge < -0.3 is 15.7 Å². The number of hydrogen-bond donors (Lipinski definition) is 3. The number of halogens is 1. The van der Waals surface area contributed by atoms with Gasteiger partial charge in [-0.25, -0.2) is 4.39 Å². The first kappa shape index (κ1) is 13.4. The van der Waals surface area contributed by atoms with Crippen LogP contribution in [0.2, 0.25) is 0 Å². The maximum absolute atomic E-state index is 12.9. The normalized spacial score (nSPS) is 10.2. The minimum atomic E-state index is -0.544. The van der Waals surface area contributed by atoms with E-state index in [1.165, 1.54) is 6.07 Å². The lowest BCUT2D eigenvalue weighted by Gasteiger charge is -2.07. The van der Waals surface area contributed by atoms with E-state index < -0.39 is 11.7 Å². The van der Waals surface area contributed by atoms with Gasteiger partial charge in [0.15, 0.2) is 0 Å². The van der Waals surface area contributed by atoms with Gasteiger partial charge in [-0.1, -0.05) is 6.92 Å². The number of phenols is 1. The fraction of sp³-hybridized carbons (Fsp3) is 0.417. The molecule has 3 N–H and O–H groups in total. The molecule has 5 heteroatoms. The van der Waals surface area contributed by atoms with Crippen molar-refractivity contribution >= 4 is 5.91 Å². The third-order valence-electron chi connectivity index (χ3n) is 2.22. The lowest BCUT2D eigenvalue weighted by atomic mass is 10.2. The Morgan fingerprint density at radius 1 is 1.35 bits per heavy atom. The summed E-state index contributed by atoms with van der Waals surface area (Å²) < 4.78 is 12.9. The van der Waals surface area contributed by atoms with E-state index in [2.05, 4.69) is 17.6 Å². The second kappa shape index (κ2) is 6.85. The fourth-order valence-electron chi connectivity index (χ4n) is 1.35. The van der Waals surface area contributed by atoms with E-state index in [0.29, 0.717) is 13.1 Å². The average Bonchev–Trinajstić information content (AvgIpc) is 2.32. The molecule has 94 valence electrons. The molecule has 0 aliphatic rings.